The minimum atomic E-state index is -1.13. The molecule has 0 saturated heterocycles. The van der Waals surface area contributed by atoms with Gasteiger partial charge in [0.15, 0.2) is 0 Å². The molecule has 0 unspecified atom stereocenters. The average Bonchev–Trinajstić information content (AvgIpc) is 2.97. The largest absolute Gasteiger partial charge is 3.00 e. The van der Waals surface area contributed by atoms with Crippen LogP contribution in [0.3, 0.4) is 0 Å². The van der Waals surface area contributed by atoms with E-state index in [1.165, 1.54) is 0 Å². The first-order chi connectivity index (χ1) is 20.0. The van der Waals surface area contributed by atoms with Crippen LogP contribution in [-0.2, 0) is 0 Å². The molecule has 6 rings (SSSR count). The van der Waals surface area contributed by atoms with E-state index in [2.05, 4.69) is 0 Å². The normalized spacial score (nSPS) is 10.1. The number of carbonyl (C=O) groups is 3. The maximum atomic E-state index is 10.7. The van der Waals surface area contributed by atoms with Crippen LogP contribution in [0.5, 0.6) is 0 Å². The predicted molar refractivity (Wildman–Crippen MR) is 165 cm³/mol. The Balaban J connectivity index is 0.000000175. The van der Waals surface area contributed by atoms with Gasteiger partial charge >= 0.3 is 19.8 Å². The van der Waals surface area contributed by atoms with Crippen molar-refractivity contribution in [3.8, 4) is 0 Å². The Bertz CT molecular complexity index is 1740. The summed E-state index contributed by atoms with van der Waals surface area (Å²) in [5, 5.41) is 38.1. The second kappa shape index (κ2) is 14.4. The third-order valence-electron chi connectivity index (χ3n) is 6.91. The zero-order chi connectivity index (χ0) is 30.4. The van der Waals surface area contributed by atoms with Crippen molar-refractivity contribution in [1.29, 1.82) is 0 Å². The van der Waals surface area contributed by atoms with Crippen molar-refractivity contribution in [1.82, 2.24) is 0 Å². The maximum Gasteiger partial charge on any atom is 3.00 e. The first-order valence-electron chi connectivity index (χ1n) is 13.2. The summed E-state index contributed by atoms with van der Waals surface area (Å²) in [5.74, 6) is -3.38. The number of aromatic carboxylic acids is 3. The van der Waals surface area contributed by atoms with E-state index in [1.54, 1.807) is 36.4 Å². The van der Waals surface area contributed by atoms with E-state index < -0.39 is 17.9 Å². The van der Waals surface area contributed by atoms with Crippen LogP contribution in [0.2, 0.25) is 0 Å². The van der Waals surface area contributed by atoms with Gasteiger partial charge in [-0.05, 0) is 123 Å². The van der Waals surface area contributed by atoms with Gasteiger partial charge in [0.25, 0.3) is 0 Å². The summed E-state index contributed by atoms with van der Waals surface area (Å²) in [6, 6.07) is 32.9. The molecule has 6 aromatic carbocycles. The van der Waals surface area contributed by atoms with Gasteiger partial charge in [-0.2, -0.15) is 0 Å². The van der Waals surface area contributed by atoms with E-state index in [0.717, 1.165) is 49.0 Å². The van der Waals surface area contributed by atoms with E-state index in [0.29, 0.717) is 0 Å². The number of benzene rings is 6. The molecule has 6 aromatic rings. The second-order valence-corrected chi connectivity index (χ2v) is 9.91. The molecule has 0 radical (unpaired) electrons. The van der Waals surface area contributed by atoms with Crippen molar-refractivity contribution in [2.24, 2.45) is 0 Å². The fourth-order valence-corrected chi connectivity index (χ4v) is 4.86. The number of carboxylic acid groups (broad SMARTS) is 3. The van der Waals surface area contributed by atoms with Gasteiger partial charge in [-0.1, -0.05) is 72.8 Å². The first-order valence-corrected chi connectivity index (χ1v) is 13.2. The van der Waals surface area contributed by atoms with Gasteiger partial charge < -0.3 is 29.7 Å². The monoisotopic (exact) mass is 624 g/mol. The van der Waals surface area contributed by atoms with Crippen molar-refractivity contribution < 1.29 is 29.7 Å². The zero-order valence-corrected chi connectivity index (χ0v) is 26.3. The minimum absolute atomic E-state index is 0. The summed E-state index contributed by atoms with van der Waals surface area (Å²) in [6.45, 7) is 5.69. The Morgan fingerprint density at radius 2 is 0.651 bits per heavy atom. The number of carbonyl (C=O) groups excluding carboxylic acids is 3. The molecule has 0 aliphatic heterocycles. The Morgan fingerprint density at radius 1 is 0.419 bits per heavy atom. The van der Waals surface area contributed by atoms with Crippen molar-refractivity contribution in [2.75, 3.05) is 0 Å². The van der Waals surface area contributed by atoms with E-state index in [1.807, 2.05) is 93.6 Å². The van der Waals surface area contributed by atoms with Crippen molar-refractivity contribution in [3.05, 3.63) is 143 Å². The van der Waals surface area contributed by atoms with Crippen LogP contribution >= 0.6 is 0 Å². The van der Waals surface area contributed by atoms with Crippen LogP contribution in [0, 0.1) is 20.8 Å². The molecular formula is C36H27GaO6. The number of carboxylic acids is 3. The number of rotatable bonds is 3. The van der Waals surface area contributed by atoms with Crippen LogP contribution in [0.4, 0.5) is 0 Å². The fourth-order valence-electron chi connectivity index (χ4n) is 4.86. The van der Waals surface area contributed by atoms with Gasteiger partial charge in [-0.25, -0.2) is 0 Å². The average molecular weight is 625 g/mol. The molecule has 0 aliphatic rings. The molecule has 0 amide bonds. The van der Waals surface area contributed by atoms with Crippen molar-refractivity contribution in [2.45, 2.75) is 20.8 Å². The molecule has 0 heterocycles. The van der Waals surface area contributed by atoms with Gasteiger partial charge in [0.05, 0.1) is 17.9 Å². The molecule has 0 aromatic heterocycles. The minimum Gasteiger partial charge on any atom is -0.545 e. The Morgan fingerprint density at radius 3 is 0.884 bits per heavy atom. The molecule has 0 N–H and O–H groups in total. The molecule has 0 spiro atoms. The zero-order valence-electron chi connectivity index (χ0n) is 23.9. The van der Waals surface area contributed by atoms with Crippen LogP contribution in [0.1, 0.15) is 47.8 Å². The third kappa shape index (κ3) is 7.91. The van der Waals surface area contributed by atoms with Crippen LogP contribution in [-0.4, -0.2) is 37.7 Å². The summed E-state index contributed by atoms with van der Waals surface area (Å²) in [5.41, 5.74) is 3.59. The van der Waals surface area contributed by atoms with E-state index in [-0.39, 0.29) is 36.5 Å². The van der Waals surface area contributed by atoms with Crippen molar-refractivity contribution >= 4 is 70.0 Å². The van der Waals surface area contributed by atoms with Gasteiger partial charge in [0, 0.05) is 0 Å². The topological polar surface area (TPSA) is 120 Å². The number of fused-ring (bicyclic) bond motifs is 3. The smallest absolute Gasteiger partial charge is 0.545 e. The SMILES string of the molecule is Cc1cc(C(=O)[O-])cc2ccccc12.Cc1cc(C(=O)[O-])cc2ccccc12.Cc1cc(C(=O)[O-])cc2ccccc12.[Ga+3]. The van der Waals surface area contributed by atoms with E-state index in [4.69, 9.17) is 0 Å². The van der Waals surface area contributed by atoms with Gasteiger partial charge in [-0.3, -0.25) is 0 Å². The van der Waals surface area contributed by atoms with Gasteiger partial charge in [0.1, 0.15) is 0 Å². The van der Waals surface area contributed by atoms with Crippen LogP contribution in [0.15, 0.2) is 109 Å². The Kier molecular flexibility index (Phi) is 10.9. The maximum absolute atomic E-state index is 10.7. The second-order valence-electron chi connectivity index (χ2n) is 9.91. The molecule has 0 saturated carbocycles. The summed E-state index contributed by atoms with van der Waals surface area (Å²) in [7, 11) is 0. The summed E-state index contributed by atoms with van der Waals surface area (Å²) < 4.78 is 0. The molecular weight excluding hydrogens is 598 g/mol. The summed E-state index contributed by atoms with van der Waals surface area (Å²) in [6.07, 6.45) is 0. The quantitative estimate of drug-likeness (QED) is 0.273. The van der Waals surface area contributed by atoms with E-state index in [9.17, 15) is 29.7 Å². The van der Waals surface area contributed by atoms with Crippen LogP contribution < -0.4 is 15.3 Å². The Hall–Kier alpha value is -4.85. The molecule has 0 bridgehead atoms. The van der Waals surface area contributed by atoms with Gasteiger partial charge in [-0.15, -0.1) is 0 Å². The molecule has 0 aliphatic carbocycles. The molecule has 43 heavy (non-hydrogen) atoms. The number of hydrogen-bond donors (Lipinski definition) is 0. The molecule has 6 nitrogen and oxygen atoms in total. The summed E-state index contributed by atoms with van der Waals surface area (Å²) >= 11 is 0. The van der Waals surface area contributed by atoms with Gasteiger partial charge in [0.2, 0.25) is 0 Å². The molecule has 7 heteroatoms. The molecule has 0 atom stereocenters. The standard InChI is InChI=1S/3C12H10O2.Ga/c3*1-8-6-10(12(13)14)7-9-4-2-3-5-11(8)9;/h3*2-7H,1H3,(H,13,14);/q;;;+3/p-3. The molecule has 210 valence electrons. The predicted octanol–water partition coefficient (Wildman–Crippen LogP) is 4.15. The van der Waals surface area contributed by atoms with Crippen LogP contribution in [0.25, 0.3) is 32.3 Å². The van der Waals surface area contributed by atoms with Crippen molar-refractivity contribution in [3.63, 3.8) is 0 Å². The third-order valence-corrected chi connectivity index (χ3v) is 6.91. The Labute approximate surface area is 262 Å². The number of aryl methyl sites for hydroxylation is 3. The molecule has 0 fully saturated rings. The fraction of sp³-hybridized carbons (Fsp3) is 0.0833. The summed E-state index contributed by atoms with van der Waals surface area (Å²) in [4.78, 5) is 32.1. The first kappa shape index (κ1) is 32.7. The number of hydrogen-bond acceptors (Lipinski definition) is 6. The van der Waals surface area contributed by atoms with E-state index >= 15 is 0 Å².